The Morgan fingerprint density at radius 1 is 1.00 bits per heavy atom. The van der Waals surface area contributed by atoms with E-state index in [0.717, 1.165) is 26.1 Å². The number of hydrogen-bond donors (Lipinski definition) is 1. The number of nitrogens with one attached hydrogen (secondary N) is 1. The minimum Gasteiger partial charge on any atom is -0.367 e. The summed E-state index contributed by atoms with van der Waals surface area (Å²) in [5, 5.41) is 3.19. The molecule has 104 valence electrons. The summed E-state index contributed by atoms with van der Waals surface area (Å²) >= 11 is 0. The summed E-state index contributed by atoms with van der Waals surface area (Å²) in [5.74, 6) is 0. The van der Waals surface area contributed by atoms with Crippen molar-refractivity contribution in [2.45, 2.75) is 19.4 Å². The first-order chi connectivity index (χ1) is 9.86. The molecule has 2 aromatic rings. The minimum absolute atomic E-state index is 1.02. The third kappa shape index (κ3) is 2.86. The molecule has 2 nitrogen and oxygen atoms in total. The van der Waals surface area contributed by atoms with Crippen molar-refractivity contribution in [3.63, 3.8) is 0 Å². The van der Waals surface area contributed by atoms with E-state index < -0.39 is 0 Å². The predicted molar refractivity (Wildman–Crippen MR) is 85.3 cm³/mol. The van der Waals surface area contributed by atoms with Crippen LogP contribution in [0, 0.1) is 0 Å². The lowest BCUT2D eigenvalue weighted by molar-refractivity contribution is 0.790. The molecule has 1 aliphatic rings. The number of rotatable bonds is 5. The summed E-state index contributed by atoms with van der Waals surface area (Å²) in [5.41, 5.74) is 5.70. The zero-order valence-corrected chi connectivity index (χ0v) is 12.1. The van der Waals surface area contributed by atoms with E-state index in [1.807, 2.05) is 7.05 Å². The minimum atomic E-state index is 1.02. The van der Waals surface area contributed by atoms with Crippen LogP contribution in [0.2, 0.25) is 0 Å². The molecule has 0 bridgehead atoms. The Morgan fingerprint density at radius 2 is 1.75 bits per heavy atom. The van der Waals surface area contributed by atoms with Gasteiger partial charge in [-0.1, -0.05) is 42.5 Å². The molecule has 1 N–H and O–H groups in total. The van der Waals surface area contributed by atoms with Crippen molar-refractivity contribution in [3.05, 3.63) is 65.2 Å². The average molecular weight is 266 g/mol. The third-order valence-electron chi connectivity index (χ3n) is 4.04. The van der Waals surface area contributed by atoms with E-state index >= 15 is 0 Å². The van der Waals surface area contributed by atoms with Crippen LogP contribution < -0.4 is 10.2 Å². The predicted octanol–water partition coefficient (Wildman–Crippen LogP) is 3.01. The van der Waals surface area contributed by atoms with E-state index in [1.165, 1.54) is 28.8 Å². The second-order valence-electron chi connectivity index (χ2n) is 5.47. The van der Waals surface area contributed by atoms with E-state index in [0.29, 0.717) is 0 Å². The molecular weight excluding hydrogens is 244 g/mol. The normalized spacial score (nSPS) is 13.6. The van der Waals surface area contributed by atoms with Gasteiger partial charge in [0, 0.05) is 18.8 Å². The van der Waals surface area contributed by atoms with Crippen molar-refractivity contribution in [3.8, 4) is 0 Å². The summed E-state index contributed by atoms with van der Waals surface area (Å²) < 4.78 is 0. The number of fused-ring (bicyclic) bond motifs is 1. The molecule has 1 aliphatic heterocycles. The topological polar surface area (TPSA) is 15.3 Å². The van der Waals surface area contributed by atoms with Crippen molar-refractivity contribution in [2.75, 3.05) is 25.0 Å². The summed E-state index contributed by atoms with van der Waals surface area (Å²) in [6.45, 7) is 3.20. The number of hydrogen-bond acceptors (Lipinski definition) is 2. The molecule has 0 unspecified atom stereocenters. The molecule has 2 heteroatoms. The van der Waals surface area contributed by atoms with Crippen LogP contribution in [0.4, 0.5) is 5.69 Å². The molecule has 0 atom stereocenters. The molecule has 0 aromatic heterocycles. The summed E-state index contributed by atoms with van der Waals surface area (Å²) in [6, 6.07) is 17.8. The Bertz CT molecular complexity index is 560. The van der Waals surface area contributed by atoms with Gasteiger partial charge in [0.25, 0.3) is 0 Å². The van der Waals surface area contributed by atoms with Gasteiger partial charge in [-0.2, -0.15) is 0 Å². The van der Waals surface area contributed by atoms with E-state index in [2.05, 4.69) is 58.7 Å². The van der Waals surface area contributed by atoms with Gasteiger partial charge in [-0.05, 0) is 49.2 Å². The van der Waals surface area contributed by atoms with E-state index in [-0.39, 0.29) is 0 Å². The van der Waals surface area contributed by atoms with Crippen LogP contribution in [0.1, 0.15) is 16.7 Å². The Balaban J connectivity index is 1.67. The van der Waals surface area contributed by atoms with Gasteiger partial charge in [0.15, 0.2) is 0 Å². The molecule has 0 radical (unpaired) electrons. The summed E-state index contributed by atoms with van der Waals surface area (Å²) in [6.07, 6.45) is 2.28. The molecule has 20 heavy (non-hydrogen) atoms. The lowest BCUT2D eigenvalue weighted by atomic mass is 10.1. The molecule has 0 aliphatic carbocycles. The van der Waals surface area contributed by atoms with Gasteiger partial charge in [0.1, 0.15) is 0 Å². The maximum atomic E-state index is 3.19. The molecule has 2 aromatic carbocycles. The molecule has 3 rings (SSSR count). The second kappa shape index (κ2) is 6.10. The van der Waals surface area contributed by atoms with Crippen molar-refractivity contribution in [1.82, 2.24) is 5.32 Å². The van der Waals surface area contributed by atoms with Crippen molar-refractivity contribution >= 4 is 5.69 Å². The number of anilines is 1. The fourth-order valence-electron chi connectivity index (χ4n) is 2.87. The fourth-order valence-corrected chi connectivity index (χ4v) is 2.87. The highest BCUT2D eigenvalue weighted by Gasteiger charge is 2.17. The molecule has 0 saturated carbocycles. The largest absolute Gasteiger partial charge is 0.367 e. The molecule has 0 fully saturated rings. The van der Waals surface area contributed by atoms with Gasteiger partial charge in [0.05, 0.1) is 0 Å². The lowest BCUT2D eigenvalue weighted by Crippen LogP contribution is -2.19. The highest BCUT2D eigenvalue weighted by Crippen LogP contribution is 2.28. The van der Waals surface area contributed by atoms with Crippen molar-refractivity contribution < 1.29 is 0 Å². The number of para-hydroxylation sites is 1. The zero-order chi connectivity index (χ0) is 13.8. The first-order valence-corrected chi connectivity index (χ1v) is 7.42. The van der Waals surface area contributed by atoms with Gasteiger partial charge in [-0.25, -0.2) is 0 Å². The third-order valence-corrected chi connectivity index (χ3v) is 4.04. The van der Waals surface area contributed by atoms with Crippen LogP contribution in [0.25, 0.3) is 0 Å². The lowest BCUT2D eigenvalue weighted by Gasteiger charge is -2.19. The SMILES string of the molecule is CNCCc1ccc(CN2CCc3ccccc32)cc1. The van der Waals surface area contributed by atoms with E-state index in [9.17, 15) is 0 Å². The molecular formula is C18H22N2. The van der Waals surface area contributed by atoms with Crippen molar-refractivity contribution in [2.24, 2.45) is 0 Å². The Morgan fingerprint density at radius 3 is 2.55 bits per heavy atom. The van der Waals surface area contributed by atoms with Crippen LogP contribution in [0.15, 0.2) is 48.5 Å². The van der Waals surface area contributed by atoms with E-state index in [1.54, 1.807) is 0 Å². The zero-order valence-electron chi connectivity index (χ0n) is 12.1. The second-order valence-corrected chi connectivity index (χ2v) is 5.47. The van der Waals surface area contributed by atoms with Gasteiger partial charge >= 0.3 is 0 Å². The maximum Gasteiger partial charge on any atom is 0.0429 e. The molecule has 1 heterocycles. The van der Waals surface area contributed by atoms with Gasteiger partial charge in [-0.15, -0.1) is 0 Å². The first-order valence-electron chi connectivity index (χ1n) is 7.42. The quantitative estimate of drug-likeness (QED) is 0.895. The van der Waals surface area contributed by atoms with Gasteiger partial charge in [0.2, 0.25) is 0 Å². The number of nitrogens with zero attached hydrogens (tertiary/aromatic N) is 1. The number of likely N-dealkylation sites (N-methyl/N-ethyl adjacent to an activating group) is 1. The summed E-state index contributed by atoms with van der Waals surface area (Å²) in [7, 11) is 2.00. The van der Waals surface area contributed by atoms with Gasteiger partial charge < -0.3 is 10.2 Å². The number of benzene rings is 2. The first kappa shape index (κ1) is 13.2. The Hall–Kier alpha value is -1.80. The highest BCUT2D eigenvalue weighted by molar-refractivity contribution is 5.58. The van der Waals surface area contributed by atoms with Gasteiger partial charge in [-0.3, -0.25) is 0 Å². The smallest absolute Gasteiger partial charge is 0.0429 e. The molecule has 0 saturated heterocycles. The summed E-state index contributed by atoms with van der Waals surface area (Å²) in [4.78, 5) is 2.48. The van der Waals surface area contributed by atoms with Crippen LogP contribution in [0.3, 0.4) is 0 Å². The molecule has 0 amide bonds. The average Bonchev–Trinajstić information content (AvgIpc) is 2.90. The fraction of sp³-hybridized carbons (Fsp3) is 0.333. The van der Waals surface area contributed by atoms with E-state index in [4.69, 9.17) is 0 Å². The maximum absolute atomic E-state index is 3.19. The van der Waals surface area contributed by atoms with Crippen molar-refractivity contribution in [1.29, 1.82) is 0 Å². The Kier molecular flexibility index (Phi) is 4.03. The standard InChI is InChI=1S/C18H22N2/c1-19-12-10-15-6-8-16(9-7-15)14-20-13-11-17-4-2-3-5-18(17)20/h2-9,19H,10-14H2,1H3. The van der Waals surface area contributed by atoms with Crippen LogP contribution in [-0.2, 0) is 19.4 Å². The van der Waals surface area contributed by atoms with Crippen LogP contribution in [0.5, 0.6) is 0 Å². The highest BCUT2D eigenvalue weighted by atomic mass is 15.1. The monoisotopic (exact) mass is 266 g/mol. The molecule has 0 spiro atoms. The van der Waals surface area contributed by atoms with Crippen LogP contribution in [-0.4, -0.2) is 20.1 Å². The Labute approximate surface area is 121 Å². The van der Waals surface area contributed by atoms with Crippen LogP contribution >= 0.6 is 0 Å².